The van der Waals surface area contributed by atoms with E-state index in [9.17, 15) is 9.59 Å². The van der Waals surface area contributed by atoms with Crippen LogP contribution >= 0.6 is 0 Å². The maximum absolute atomic E-state index is 12.3. The molecule has 0 saturated carbocycles. The van der Waals surface area contributed by atoms with Gasteiger partial charge in [-0.15, -0.1) is 0 Å². The molecule has 0 amide bonds. The minimum Gasteiger partial charge on any atom is -0.466 e. The largest absolute Gasteiger partial charge is 0.466 e. The summed E-state index contributed by atoms with van der Waals surface area (Å²) < 4.78 is 11.8. The van der Waals surface area contributed by atoms with Gasteiger partial charge in [-0.05, 0) is 42.5 Å². The first-order chi connectivity index (χ1) is 11.7. The standard InChI is InChI=1S/C20H27NO4/c1-7-25-17(22)10-11-21-16-9-8-14(20(3,4)5)12-15(16)13(2)18(21)19(23)24-6/h8-9,12H,7,10-11H2,1-6H3. The first-order valence-corrected chi connectivity index (χ1v) is 8.58. The molecule has 5 nitrogen and oxygen atoms in total. The van der Waals surface area contributed by atoms with Crippen molar-refractivity contribution >= 4 is 22.8 Å². The molecule has 0 unspecified atom stereocenters. The van der Waals surface area contributed by atoms with Gasteiger partial charge in [0.25, 0.3) is 0 Å². The van der Waals surface area contributed by atoms with Gasteiger partial charge in [-0.2, -0.15) is 0 Å². The normalized spacial score (nSPS) is 11.6. The van der Waals surface area contributed by atoms with Gasteiger partial charge >= 0.3 is 11.9 Å². The fraction of sp³-hybridized carbons (Fsp3) is 0.500. The summed E-state index contributed by atoms with van der Waals surface area (Å²) in [7, 11) is 1.37. The third-order valence-corrected chi connectivity index (χ3v) is 4.41. The summed E-state index contributed by atoms with van der Waals surface area (Å²) in [5.41, 5.74) is 3.50. The Bertz CT molecular complexity index is 796. The van der Waals surface area contributed by atoms with E-state index in [0.29, 0.717) is 18.8 Å². The summed E-state index contributed by atoms with van der Waals surface area (Å²) >= 11 is 0. The number of nitrogens with zero attached hydrogens (tertiary/aromatic N) is 1. The number of carbonyl (C=O) groups excluding carboxylic acids is 2. The molecular formula is C20H27NO4. The van der Waals surface area contributed by atoms with Crippen molar-refractivity contribution in [2.75, 3.05) is 13.7 Å². The van der Waals surface area contributed by atoms with Gasteiger partial charge in [-0.25, -0.2) is 4.79 Å². The first kappa shape index (κ1) is 19.0. The highest BCUT2D eigenvalue weighted by Gasteiger charge is 2.23. The van der Waals surface area contributed by atoms with Crippen LogP contribution < -0.4 is 0 Å². The molecule has 0 radical (unpaired) electrons. The maximum Gasteiger partial charge on any atom is 0.354 e. The summed E-state index contributed by atoms with van der Waals surface area (Å²) in [5.74, 6) is -0.668. The molecule has 0 N–H and O–H groups in total. The quantitative estimate of drug-likeness (QED) is 0.769. The molecule has 5 heteroatoms. The van der Waals surface area contributed by atoms with Gasteiger partial charge in [-0.1, -0.05) is 26.8 Å². The number of aryl methyl sites for hydroxylation is 2. The Morgan fingerprint density at radius 3 is 2.44 bits per heavy atom. The monoisotopic (exact) mass is 345 g/mol. The Labute approximate surface area is 148 Å². The minimum absolute atomic E-state index is 0.0130. The lowest BCUT2D eigenvalue weighted by Gasteiger charge is -2.19. The summed E-state index contributed by atoms with van der Waals surface area (Å²) in [6.07, 6.45) is 0.210. The highest BCUT2D eigenvalue weighted by atomic mass is 16.5. The van der Waals surface area contributed by atoms with Crippen molar-refractivity contribution in [3.63, 3.8) is 0 Å². The number of aromatic nitrogens is 1. The molecule has 0 aliphatic rings. The molecule has 2 rings (SSSR count). The summed E-state index contributed by atoms with van der Waals surface area (Å²) in [4.78, 5) is 24.1. The zero-order valence-corrected chi connectivity index (χ0v) is 15.9. The molecule has 25 heavy (non-hydrogen) atoms. The van der Waals surface area contributed by atoms with E-state index in [2.05, 4.69) is 32.9 Å². The van der Waals surface area contributed by atoms with E-state index in [1.165, 1.54) is 12.7 Å². The van der Waals surface area contributed by atoms with Gasteiger partial charge in [0.1, 0.15) is 5.69 Å². The molecule has 0 atom stereocenters. The van der Waals surface area contributed by atoms with Crippen LogP contribution in [0.5, 0.6) is 0 Å². The van der Waals surface area contributed by atoms with Crippen LogP contribution in [0.3, 0.4) is 0 Å². The second kappa shape index (κ2) is 7.30. The van der Waals surface area contributed by atoms with E-state index < -0.39 is 5.97 Å². The number of hydrogen-bond donors (Lipinski definition) is 0. The molecule has 0 saturated heterocycles. The van der Waals surface area contributed by atoms with Crippen molar-refractivity contribution in [1.82, 2.24) is 4.57 Å². The third-order valence-electron chi connectivity index (χ3n) is 4.41. The number of benzene rings is 1. The summed E-state index contributed by atoms with van der Waals surface area (Å²) in [6, 6.07) is 6.21. The van der Waals surface area contributed by atoms with Crippen LogP contribution in [-0.2, 0) is 26.2 Å². The Balaban J connectivity index is 2.57. The van der Waals surface area contributed by atoms with Crippen LogP contribution in [0.4, 0.5) is 0 Å². The van der Waals surface area contributed by atoms with Gasteiger partial charge in [-0.3, -0.25) is 4.79 Å². The van der Waals surface area contributed by atoms with Crippen LogP contribution in [0, 0.1) is 6.92 Å². The molecule has 0 aliphatic carbocycles. The number of hydrogen-bond acceptors (Lipinski definition) is 4. The lowest BCUT2D eigenvalue weighted by molar-refractivity contribution is -0.143. The molecule has 1 heterocycles. The predicted molar refractivity (Wildman–Crippen MR) is 98.0 cm³/mol. The highest BCUT2D eigenvalue weighted by Crippen LogP contribution is 2.31. The van der Waals surface area contributed by atoms with Crippen molar-refractivity contribution in [3.05, 3.63) is 35.0 Å². The summed E-state index contributed by atoms with van der Waals surface area (Å²) in [6.45, 7) is 10.9. The molecule has 0 fully saturated rings. The lowest BCUT2D eigenvalue weighted by Crippen LogP contribution is -2.15. The Morgan fingerprint density at radius 1 is 1.20 bits per heavy atom. The van der Waals surface area contributed by atoms with Crippen LogP contribution in [-0.4, -0.2) is 30.2 Å². The number of rotatable bonds is 5. The molecule has 0 spiro atoms. The van der Waals surface area contributed by atoms with Crippen molar-refractivity contribution in [2.45, 2.75) is 53.0 Å². The van der Waals surface area contributed by atoms with E-state index in [0.717, 1.165) is 16.5 Å². The van der Waals surface area contributed by atoms with Crippen LogP contribution in [0.1, 0.15) is 55.7 Å². The number of fused-ring (bicyclic) bond motifs is 1. The number of methoxy groups -OCH3 is 1. The molecule has 1 aromatic heterocycles. The van der Waals surface area contributed by atoms with Gasteiger partial charge < -0.3 is 14.0 Å². The third kappa shape index (κ3) is 3.86. The second-order valence-corrected chi connectivity index (χ2v) is 7.15. The average Bonchev–Trinajstić information content (AvgIpc) is 2.83. The zero-order valence-electron chi connectivity index (χ0n) is 15.9. The molecule has 1 aromatic carbocycles. The highest BCUT2D eigenvalue weighted by molar-refractivity contribution is 5.99. The van der Waals surface area contributed by atoms with E-state index in [-0.39, 0.29) is 17.8 Å². The number of carbonyl (C=O) groups is 2. The smallest absolute Gasteiger partial charge is 0.354 e. The van der Waals surface area contributed by atoms with Crippen molar-refractivity contribution in [3.8, 4) is 0 Å². The van der Waals surface area contributed by atoms with Crippen LogP contribution in [0.15, 0.2) is 18.2 Å². The first-order valence-electron chi connectivity index (χ1n) is 8.58. The molecule has 0 bridgehead atoms. The number of esters is 2. The fourth-order valence-electron chi connectivity index (χ4n) is 3.02. The Morgan fingerprint density at radius 2 is 1.88 bits per heavy atom. The van der Waals surface area contributed by atoms with Gasteiger partial charge in [0.15, 0.2) is 0 Å². The van der Waals surface area contributed by atoms with E-state index in [1.807, 2.05) is 17.6 Å². The van der Waals surface area contributed by atoms with E-state index in [4.69, 9.17) is 9.47 Å². The maximum atomic E-state index is 12.3. The SMILES string of the molecule is CCOC(=O)CCn1c(C(=O)OC)c(C)c2cc(C(C)(C)C)ccc21. The average molecular weight is 345 g/mol. The van der Waals surface area contributed by atoms with Crippen molar-refractivity contribution < 1.29 is 19.1 Å². The molecule has 2 aromatic rings. The Hall–Kier alpha value is -2.30. The zero-order chi connectivity index (χ0) is 18.8. The van der Waals surface area contributed by atoms with E-state index >= 15 is 0 Å². The lowest BCUT2D eigenvalue weighted by atomic mass is 9.86. The number of ether oxygens (including phenoxy) is 2. The van der Waals surface area contributed by atoms with Gasteiger partial charge in [0.05, 0.1) is 20.1 Å². The van der Waals surface area contributed by atoms with Crippen LogP contribution in [0.25, 0.3) is 10.9 Å². The second-order valence-electron chi connectivity index (χ2n) is 7.15. The predicted octanol–water partition coefficient (Wildman–Crippen LogP) is 3.99. The van der Waals surface area contributed by atoms with Gasteiger partial charge in [0.2, 0.25) is 0 Å². The Kier molecular flexibility index (Phi) is 5.55. The van der Waals surface area contributed by atoms with Crippen molar-refractivity contribution in [2.24, 2.45) is 0 Å². The van der Waals surface area contributed by atoms with Crippen LogP contribution in [0.2, 0.25) is 0 Å². The minimum atomic E-state index is -0.394. The van der Waals surface area contributed by atoms with Crippen molar-refractivity contribution in [1.29, 1.82) is 0 Å². The summed E-state index contributed by atoms with van der Waals surface area (Å²) in [5, 5.41) is 1.01. The molecular weight excluding hydrogens is 318 g/mol. The fourth-order valence-corrected chi connectivity index (χ4v) is 3.02. The van der Waals surface area contributed by atoms with Gasteiger partial charge in [0, 0.05) is 17.4 Å². The van der Waals surface area contributed by atoms with E-state index in [1.54, 1.807) is 6.92 Å². The molecule has 0 aliphatic heterocycles. The topological polar surface area (TPSA) is 57.5 Å². The molecule has 136 valence electrons.